The van der Waals surface area contributed by atoms with Crippen molar-refractivity contribution in [1.29, 1.82) is 0 Å². The zero-order valence-electron chi connectivity index (χ0n) is 32.5. The number of unbranched alkanes of at least 4 members (excludes halogenated alkanes) is 22. The van der Waals surface area contributed by atoms with Crippen LogP contribution in [0.15, 0.2) is 24.3 Å². The average Bonchev–Trinajstić information content (AvgIpc) is 3.10. The van der Waals surface area contributed by atoms with E-state index >= 15 is 0 Å². The molecule has 0 bridgehead atoms. The SMILES string of the molecule is CCCCCC/C=C\C/C=C\CCCCCCCC(=O)OCC(COC(=O)CCCCCCCC)OC(=O)CCCCCCCCCCC. The maximum absolute atomic E-state index is 12.6. The summed E-state index contributed by atoms with van der Waals surface area (Å²) < 4.78 is 16.5. The number of carbonyl (C=O) groups is 3. The van der Waals surface area contributed by atoms with Crippen molar-refractivity contribution in [1.82, 2.24) is 0 Å². The van der Waals surface area contributed by atoms with Gasteiger partial charge in [0.1, 0.15) is 13.2 Å². The van der Waals surface area contributed by atoms with Gasteiger partial charge in [-0.2, -0.15) is 0 Å². The lowest BCUT2D eigenvalue weighted by Gasteiger charge is -2.18. The monoisotopic (exact) mass is 691 g/mol. The van der Waals surface area contributed by atoms with Crippen LogP contribution in [0.5, 0.6) is 0 Å². The Morgan fingerprint density at radius 2 is 0.735 bits per heavy atom. The zero-order chi connectivity index (χ0) is 35.9. The van der Waals surface area contributed by atoms with Gasteiger partial charge in [0.25, 0.3) is 0 Å². The van der Waals surface area contributed by atoms with Crippen molar-refractivity contribution in [2.24, 2.45) is 0 Å². The largest absolute Gasteiger partial charge is 0.462 e. The molecule has 0 rings (SSSR count). The second-order valence-corrected chi connectivity index (χ2v) is 13.9. The maximum Gasteiger partial charge on any atom is 0.306 e. The molecule has 0 aromatic carbocycles. The van der Waals surface area contributed by atoms with Crippen molar-refractivity contribution in [3.05, 3.63) is 24.3 Å². The van der Waals surface area contributed by atoms with Gasteiger partial charge < -0.3 is 14.2 Å². The van der Waals surface area contributed by atoms with Crippen LogP contribution < -0.4 is 0 Å². The summed E-state index contributed by atoms with van der Waals surface area (Å²) in [6.45, 7) is 6.51. The third kappa shape index (κ3) is 37.0. The van der Waals surface area contributed by atoms with E-state index in [0.29, 0.717) is 19.3 Å². The molecule has 0 saturated heterocycles. The first-order chi connectivity index (χ1) is 24.0. The molecule has 6 heteroatoms. The topological polar surface area (TPSA) is 78.9 Å². The minimum Gasteiger partial charge on any atom is -0.462 e. The number of hydrogen-bond acceptors (Lipinski definition) is 6. The fourth-order valence-electron chi connectivity index (χ4n) is 5.76. The quantitative estimate of drug-likeness (QED) is 0.0279. The summed E-state index contributed by atoms with van der Waals surface area (Å²) in [5, 5.41) is 0. The molecule has 49 heavy (non-hydrogen) atoms. The summed E-state index contributed by atoms with van der Waals surface area (Å²) >= 11 is 0. The molecular formula is C43H78O6. The van der Waals surface area contributed by atoms with Gasteiger partial charge >= 0.3 is 17.9 Å². The molecule has 0 heterocycles. The van der Waals surface area contributed by atoms with Crippen molar-refractivity contribution < 1.29 is 28.6 Å². The van der Waals surface area contributed by atoms with Crippen LogP contribution >= 0.6 is 0 Å². The van der Waals surface area contributed by atoms with Crippen LogP contribution in [0.3, 0.4) is 0 Å². The van der Waals surface area contributed by atoms with Crippen LogP contribution in [-0.4, -0.2) is 37.2 Å². The Morgan fingerprint density at radius 1 is 0.408 bits per heavy atom. The van der Waals surface area contributed by atoms with Crippen LogP contribution in [0, 0.1) is 0 Å². The Kier molecular flexibility index (Phi) is 37.0. The Morgan fingerprint density at radius 3 is 1.14 bits per heavy atom. The lowest BCUT2D eigenvalue weighted by Crippen LogP contribution is -2.30. The Hall–Kier alpha value is -2.11. The van der Waals surface area contributed by atoms with Gasteiger partial charge in [0.2, 0.25) is 0 Å². The number of rotatable bonds is 37. The molecule has 0 saturated carbocycles. The molecule has 0 N–H and O–H groups in total. The highest BCUT2D eigenvalue weighted by Gasteiger charge is 2.19. The van der Waals surface area contributed by atoms with Crippen molar-refractivity contribution in [2.45, 2.75) is 219 Å². The highest BCUT2D eigenvalue weighted by molar-refractivity contribution is 5.71. The molecule has 0 aliphatic heterocycles. The van der Waals surface area contributed by atoms with E-state index in [9.17, 15) is 14.4 Å². The van der Waals surface area contributed by atoms with E-state index in [0.717, 1.165) is 77.0 Å². The van der Waals surface area contributed by atoms with Crippen molar-refractivity contribution in [3.8, 4) is 0 Å². The lowest BCUT2D eigenvalue weighted by atomic mass is 10.1. The zero-order valence-corrected chi connectivity index (χ0v) is 32.5. The van der Waals surface area contributed by atoms with Crippen molar-refractivity contribution in [2.75, 3.05) is 13.2 Å². The van der Waals surface area contributed by atoms with Gasteiger partial charge in [-0.05, 0) is 51.4 Å². The summed E-state index contributed by atoms with van der Waals surface area (Å²) in [7, 11) is 0. The van der Waals surface area contributed by atoms with Crippen LogP contribution in [0.4, 0.5) is 0 Å². The van der Waals surface area contributed by atoms with Gasteiger partial charge in [-0.1, -0.05) is 167 Å². The van der Waals surface area contributed by atoms with Gasteiger partial charge in [0.15, 0.2) is 6.10 Å². The number of hydrogen-bond donors (Lipinski definition) is 0. The van der Waals surface area contributed by atoms with Gasteiger partial charge in [-0.25, -0.2) is 0 Å². The minimum absolute atomic E-state index is 0.0742. The van der Waals surface area contributed by atoms with Crippen LogP contribution in [0.2, 0.25) is 0 Å². The predicted octanol–water partition coefficient (Wildman–Crippen LogP) is 12.9. The smallest absolute Gasteiger partial charge is 0.306 e. The molecule has 6 nitrogen and oxygen atoms in total. The van der Waals surface area contributed by atoms with Gasteiger partial charge in [0.05, 0.1) is 0 Å². The van der Waals surface area contributed by atoms with E-state index < -0.39 is 6.10 Å². The van der Waals surface area contributed by atoms with E-state index in [-0.39, 0.29) is 31.1 Å². The van der Waals surface area contributed by atoms with Gasteiger partial charge in [-0.15, -0.1) is 0 Å². The van der Waals surface area contributed by atoms with E-state index in [1.807, 2.05) is 0 Å². The first kappa shape index (κ1) is 46.9. The molecule has 0 aliphatic carbocycles. The van der Waals surface area contributed by atoms with Crippen LogP contribution in [0.25, 0.3) is 0 Å². The number of carbonyl (C=O) groups excluding carboxylic acids is 3. The number of esters is 3. The molecule has 0 spiro atoms. The second kappa shape index (κ2) is 38.7. The Balaban J connectivity index is 4.27. The highest BCUT2D eigenvalue weighted by Crippen LogP contribution is 2.13. The van der Waals surface area contributed by atoms with E-state index in [4.69, 9.17) is 14.2 Å². The summed E-state index contributed by atoms with van der Waals surface area (Å²) in [4.78, 5) is 37.3. The molecule has 286 valence electrons. The maximum atomic E-state index is 12.6. The van der Waals surface area contributed by atoms with E-state index in [2.05, 4.69) is 45.1 Å². The van der Waals surface area contributed by atoms with Gasteiger partial charge in [0, 0.05) is 19.3 Å². The molecule has 0 fully saturated rings. The summed E-state index contributed by atoms with van der Waals surface area (Å²) in [5.74, 6) is -0.901. The molecule has 0 aromatic rings. The second-order valence-electron chi connectivity index (χ2n) is 13.9. The summed E-state index contributed by atoms with van der Waals surface area (Å²) in [6.07, 6.45) is 40.4. The van der Waals surface area contributed by atoms with Crippen LogP contribution in [-0.2, 0) is 28.6 Å². The first-order valence-corrected chi connectivity index (χ1v) is 20.8. The minimum atomic E-state index is -0.766. The average molecular weight is 691 g/mol. The number of allylic oxidation sites excluding steroid dienone is 4. The molecular weight excluding hydrogens is 612 g/mol. The molecule has 0 aliphatic rings. The predicted molar refractivity (Wildman–Crippen MR) is 206 cm³/mol. The Labute approximate surface area is 303 Å². The fraction of sp³-hybridized carbons (Fsp3) is 0.837. The number of ether oxygens (including phenoxy) is 3. The first-order valence-electron chi connectivity index (χ1n) is 20.8. The third-order valence-electron chi connectivity index (χ3n) is 8.96. The van der Waals surface area contributed by atoms with Crippen LogP contribution in [0.1, 0.15) is 213 Å². The highest BCUT2D eigenvalue weighted by atomic mass is 16.6. The lowest BCUT2D eigenvalue weighted by molar-refractivity contribution is -0.167. The van der Waals surface area contributed by atoms with E-state index in [1.54, 1.807) is 0 Å². The van der Waals surface area contributed by atoms with Crippen molar-refractivity contribution in [3.63, 3.8) is 0 Å². The molecule has 0 aromatic heterocycles. The fourth-order valence-corrected chi connectivity index (χ4v) is 5.76. The standard InChI is InChI=1S/C43H78O6/c1-4-7-10-13-16-18-19-20-21-22-23-24-26-27-30-33-36-42(45)48-39-40(38-47-41(44)35-32-29-15-12-9-6-3)49-43(46)37-34-31-28-25-17-14-11-8-5-2/h18-19,21-22,40H,4-17,20,23-39H2,1-3H3/b19-18-,22-21-. The third-order valence-corrected chi connectivity index (χ3v) is 8.96. The molecule has 0 amide bonds. The molecule has 0 radical (unpaired) electrons. The normalized spacial score (nSPS) is 12.1. The van der Waals surface area contributed by atoms with E-state index in [1.165, 1.54) is 96.3 Å². The van der Waals surface area contributed by atoms with Crippen molar-refractivity contribution >= 4 is 17.9 Å². The summed E-state index contributed by atoms with van der Waals surface area (Å²) in [5.41, 5.74) is 0. The summed E-state index contributed by atoms with van der Waals surface area (Å²) in [6, 6.07) is 0. The molecule has 1 atom stereocenters. The molecule has 1 unspecified atom stereocenters. The Bertz CT molecular complexity index is 804. The van der Waals surface area contributed by atoms with Gasteiger partial charge in [-0.3, -0.25) is 14.4 Å².